The number of hydrogen-bond acceptors (Lipinski definition) is 3. The zero-order chi connectivity index (χ0) is 26.7. The Morgan fingerprint density at radius 2 is 0.919 bits per heavy atom. The third kappa shape index (κ3) is 11.5. The molecule has 2 saturated carbocycles. The van der Waals surface area contributed by atoms with Crippen LogP contribution < -0.4 is 0 Å². The van der Waals surface area contributed by atoms with Crippen LogP contribution in [0.15, 0.2) is 0 Å². The topological polar surface area (TPSA) is 49.7 Å². The summed E-state index contributed by atoms with van der Waals surface area (Å²) < 4.78 is 7.71. The molecule has 0 spiro atoms. The number of aliphatic hydroxyl groups is 2. The molecule has 0 aromatic carbocycles. The van der Waals surface area contributed by atoms with Crippen molar-refractivity contribution in [3.05, 3.63) is 0 Å². The molecule has 2 aliphatic carbocycles. The summed E-state index contributed by atoms with van der Waals surface area (Å²) in [7, 11) is 0. The Morgan fingerprint density at radius 3 is 1.30 bits per heavy atom. The normalized spacial score (nSPS) is 28.5. The van der Waals surface area contributed by atoms with E-state index >= 15 is 0 Å². The molecule has 0 amide bonds. The van der Waals surface area contributed by atoms with E-state index in [0.717, 1.165) is 12.8 Å². The van der Waals surface area contributed by atoms with Crippen LogP contribution >= 0.6 is 0 Å². The van der Waals surface area contributed by atoms with E-state index in [1.54, 1.807) is 0 Å². The molecule has 2 fully saturated rings. The minimum Gasteiger partial charge on any atom is -0.396 e. The number of ether oxygens (including phenoxy) is 1. The quantitative estimate of drug-likeness (QED) is 0.139. The standard InChI is InChI=1S/C34H66O3/c1-3-5-7-9-11-13-17-25-33(27-19-15-21-31(33)23-29-35)37-34(26-18-14-12-10-8-6-4-2)28-20-16-22-32(34)24-30-36/h31-32,35-36H,3-30H2,1-2H3. The SMILES string of the molecule is CCCCCCCCCC1(OC2(CCCCCCCCC)CCCCC2CCO)CCCCC1CCO. The minimum absolute atomic E-state index is 0.0590. The molecule has 0 radical (unpaired) electrons. The van der Waals surface area contributed by atoms with Gasteiger partial charge in [-0.05, 0) is 63.2 Å². The molecule has 0 aliphatic heterocycles. The average molecular weight is 523 g/mol. The van der Waals surface area contributed by atoms with Crippen molar-refractivity contribution >= 4 is 0 Å². The van der Waals surface area contributed by atoms with Gasteiger partial charge in [0.15, 0.2) is 0 Å². The summed E-state index contributed by atoms with van der Waals surface area (Å²) in [5, 5.41) is 20.0. The predicted octanol–water partition coefficient (Wildman–Crippen LogP) is 9.91. The monoisotopic (exact) mass is 523 g/mol. The highest BCUT2D eigenvalue weighted by atomic mass is 16.5. The molecular weight excluding hydrogens is 456 g/mol. The molecular formula is C34H66O3. The van der Waals surface area contributed by atoms with E-state index in [9.17, 15) is 10.2 Å². The molecule has 3 nitrogen and oxygen atoms in total. The van der Waals surface area contributed by atoms with Gasteiger partial charge in [0.25, 0.3) is 0 Å². The lowest BCUT2D eigenvalue weighted by Crippen LogP contribution is -2.55. The first-order valence-electron chi connectivity index (χ1n) is 17.1. The van der Waals surface area contributed by atoms with Crippen LogP contribution in [0.5, 0.6) is 0 Å². The maximum atomic E-state index is 10.0. The molecule has 37 heavy (non-hydrogen) atoms. The maximum absolute atomic E-state index is 10.0. The first-order chi connectivity index (χ1) is 18.2. The van der Waals surface area contributed by atoms with E-state index in [1.165, 1.54) is 154 Å². The summed E-state index contributed by atoms with van der Waals surface area (Å²) >= 11 is 0. The molecule has 0 heterocycles. The van der Waals surface area contributed by atoms with Crippen molar-refractivity contribution in [1.29, 1.82) is 0 Å². The van der Waals surface area contributed by atoms with E-state index in [2.05, 4.69) is 13.8 Å². The third-order valence-corrected chi connectivity index (χ3v) is 10.1. The Bertz CT molecular complexity index is 487. The molecule has 4 unspecified atom stereocenters. The van der Waals surface area contributed by atoms with E-state index in [0.29, 0.717) is 11.8 Å². The van der Waals surface area contributed by atoms with Gasteiger partial charge in [-0.1, -0.05) is 129 Å². The first kappa shape index (κ1) is 33.1. The number of unbranched alkanes of at least 4 members (excludes halogenated alkanes) is 12. The summed E-state index contributed by atoms with van der Waals surface area (Å²) in [4.78, 5) is 0. The van der Waals surface area contributed by atoms with Crippen molar-refractivity contribution in [3.63, 3.8) is 0 Å². The van der Waals surface area contributed by atoms with Crippen LogP contribution in [0.2, 0.25) is 0 Å². The molecule has 2 N–H and O–H groups in total. The molecule has 0 saturated heterocycles. The molecule has 2 aliphatic rings. The lowest BCUT2D eigenvalue weighted by Gasteiger charge is -2.54. The van der Waals surface area contributed by atoms with Crippen molar-refractivity contribution in [3.8, 4) is 0 Å². The van der Waals surface area contributed by atoms with Crippen molar-refractivity contribution < 1.29 is 14.9 Å². The summed E-state index contributed by atoms with van der Waals surface area (Å²) in [5.74, 6) is 0.989. The van der Waals surface area contributed by atoms with Gasteiger partial charge < -0.3 is 14.9 Å². The van der Waals surface area contributed by atoms with Crippen molar-refractivity contribution in [2.45, 2.75) is 192 Å². The van der Waals surface area contributed by atoms with Crippen LogP contribution in [-0.2, 0) is 4.74 Å². The van der Waals surface area contributed by atoms with E-state index < -0.39 is 0 Å². The average Bonchev–Trinajstić information content (AvgIpc) is 2.91. The highest BCUT2D eigenvalue weighted by Crippen LogP contribution is 2.51. The lowest BCUT2D eigenvalue weighted by atomic mass is 9.67. The first-order valence-corrected chi connectivity index (χ1v) is 17.1. The van der Waals surface area contributed by atoms with Gasteiger partial charge in [0.1, 0.15) is 0 Å². The molecule has 4 atom stereocenters. The lowest BCUT2D eigenvalue weighted by molar-refractivity contribution is -0.236. The molecule has 2 rings (SSSR count). The highest BCUT2D eigenvalue weighted by molar-refractivity contribution is 4.99. The Labute approximate surface area is 231 Å². The van der Waals surface area contributed by atoms with Gasteiger partial charge in [-0.25, -0.2) is 0 Å². The van der Waals surface area contributed by atoms with Gasteiger partial charge in [0, 0.05) is 13.2 Å². The fourth-order valence-electron chi connectivity index (χ4n) is 7.89. The molecule has 220 valence electrons. The van der Waals surface area contributed by atoms with Gasteiger partial charge in [0.2, 0.25) is 0 Å². The van der Waals surface area contributed by atoms with Gasteiger partial charge in [-0.15, -0.1) is 0 Å². The molecule has 3 heteroatoms. The second kappa shape index (κ2) is 19.9. The Hall–Kier alpha value is -0.120. The fourth-order valence-corrected chi connectivity index (χ4v) is 7.89. The second-order valence-electron chi connectivity index (χ2n) is 12.9. The summed E-state index contributed by atoms with van der Waals surface area (Å²) in [6.45, 7) is 5.17. The van der Waals surface area contributed by atoms with E-state index in [-0.39, 0.29) is 24.4 Å². The third-order valence-electron chi connectivity index (χ3n) is 10.1. The molecule has 0 aromatic rings. The van der Waals surface area contributed by atoms with Crippen LogP contribution in [0.1, 0.15) is 181 Å². The van der Waals surface area contributed by atoms with Crippen LogP contribution in [0, 0.1) is 11.8 Å². The smallest absolute Gasteiger partial charge is 0.0719 e. The van der Waals surface area contributed by atoms with E-state index in [1.807, 2.05) is 0 Å². The summed E-state index contributed by atoms with van der Waals surface area (Å²) in [6, 6.07) is 0. The fraction of sp³-hybridized carbons (Fsp3) is 1.00. The largest absolute Gasteiger partial charge is 0.396 e. The van der Waals surface area contributed by atoms with Gasteiger partial charge >= 0.3 is 0 Å². The van der Waals surface area contributed by atoms with Crippen LogP contribution in [0.4, 0.5) is 0 Å². The van der Waals surface area contributed by atoms with Crippen molar-refractivity contribution in [1.82, 2.24) is 0 Å². The number of rotatable bonds is 22. The summed E-state index contributed by atoms with van der Waals surface area (Å²) in [5.41, 5.74) is -0.118. The molecule has 0 bridgehead atoms. The van der Waals surface area contributed by atoms with E-state index in [4.69, 9.17) is 4.74 Å². The second-order valence-corrected chi connectivity index (χ2v) is 12.9. The van der Waals surface area contributed by atoms with Gasteiger partial charge in [-0.2, -0.15) is 0 Å². The highest BCUT2D eigenvalue weighted by Gasteiger charge is 2.50. The minimum atomic E-state index is -0.0590. The number of hydrogen-bond donors (Lipinski definition) is 2. The Morgan fingerprint density at radius 1 is 0.541 bits per heavy atom. The Balaban J connectivity index is 2.13. The van der Waals surface area contributed by atoms with Crippen LogP contribution in [0.25, 0.3) is 0 Å². The molecule has 0 aromatic heterocycles. The predicted molar refractivity (Wildman–Crippen MR) is 159 cm³/mol. The van der Waals surface area contributed by atoms with Gasteiger partial charge in [-0.3, -0.25) is 0 Å². The number of aliphatic hydroxyl groups excluding tert-OH is 2. The maximum Gasteiger partial charge on any atom is 0.0719 e. The zero-order valence-corrected chi connectivity index (χ0v) is 25.3. The van der Waals surface area contributed by atoms with Crippen LogP contribution in [-0.4, -0.2) is 34.6 Å². The van der Waals surface area contributed by atoms with Crippen molar-refractivity contribution in [2.24, 2.45) is 11.8 Å². The van der Waals surface area contributed by atoms with Crippen LogP contribution in [0.3, 0.4) is 0 Å². The Kier molecular flexibility index (Phi) is 17.8. The zero-order valence-electron chi connectivity index (χ0n) is 25.3. The van der Waals surface area contributed by atoms with Crippen molar-refractivity contribution in [2.75, 3.05) is 13.2 Å². The van der Waals surface area contributed by atoms with Gasteiger partial charge in [0.05, 0.1) is 11.2 Å². The summed E-state index contributed by atoms with van der Waals surface area (Å²) in [6.07, 6.45) is 32.9.